The minimum absolute atomic E-state index is 0.325. The van der Waals surface area contributed by atoms with Gasteiger partial charge in [-0.2, -0.15) is 0 Å². The molecule has 8 heteroatoms. The molecule has 0 atom stereocenters. The Hall–Kier alpha value is -3.55. The Balaban J connectivity index is 1.75. The molecule has 170 valence electrons. The van der Waals surface area contributed by atoms with E-state index in [1.165, 1.54) is 6.42 Å². The van der Waals surface area contributed by atoms with E-state index in [9.17, 15) is 14.4 Å². The number of ether oxygens (including phenoxy) is 1. The number of carbonyl (C=O) groups is 3. The van der Waals surface area contributed by atoms with Crippen LogP contribution in [0.5, 0.6) is 0 Å². The first-order valence-electron chi connectivity index (χ1n) is 10.7. The fourth-order valence-electron chi connectivity index (χ4n) is 3.52. The summed E-state index contributed by atoms with van der Waals surface area (Å²) in [5, 5.41) is 5.55. The molecular formula is C24H30N4O4. The SMILES string of the molecule is CC(C)(C)OC(=O)Nc1ccc(C(=O)Nc2cc(C(N)=O)ccc2N2CCCCC2)cc1. The third kappa shape index (κ3) is 6.23. The monoisotopic (exact) mass is 438 g/mol. The van der Waals surface area contributed by atoms with Gasteiger partial charge >= 0.3 is 6.09 Å². The number of primary amides is 1. The normalized spacial score (nSPS) is 13.9. The number of nitrogens with one attached hydrogen (secondary N) is 2. The molecular weight excluding hydrogens is 408 g/mol. The van der Waals surface area contributed by atoms with Gasteiger partial charge in [0.1, 0.15) is 5.60 Å². The number of benzene rings is 2. The first-order chi connectivity index (χ1) is 15.1. The number of nitrogens with two attached hydrogens (primary N) is 1. The topological polar surface area (TPSA) is 114 Å². The van der Waals surface area contributed by atoms with Crippen LogP contribution in [-0.4, -0.2) is 36.6 Å². The van der Waals surface area contributed by atoms with E-state index in [2.05, 4.69) is 15.5 Å². The van der Waals surface area contributed by atoms with Gasteiger partial charge in [-0.3, -0.25) is 14.9 Å². The summed E-state index contributed by atoms with van der Waals surface area (Å²) < 4.78 is 5.23. The van der Waals surface area contributed by atoms with Crippen LogP contribution in [0.1, 0.15) is 60.7 Å². The zero-order chi connectivity index (χ0) is 23.3. The van der Waals surface area contributed by atoms with Gasteiger partial charge in [0.25, 0.3) is 5.91 Å². The summed E-state index contributed by atoms with van der Waals surface area (Å²) in [7, 11) is 0. The molecule has 4 N–H and O–H groups in total. The Morgan fingerprint density at radius 3 is 2.12 bits per heavy atom. The van der Waals surface area contributed by atoms with Crippen molar-refractivity contribution in [2.75, 3.05) is 28.6 Å². The van der Waals surface area contributed by atoms with Crippen LogP contribution in [0.4, 0.5) is 21.9 Å². The minimum atomic E-state index is -0.602. The molecule has 1 saturated heterocycles. The molecule has 3 amide bonds. The van der Waals surface area contributed by atoms with Gasteiger partial charge in [0, 0.05) is 29.9 Å². The number of amides is 3. The molecule has 2 aromatic rings. The van der Waals surface area contributed by atoms with Gasteiger partial charge in [0.2, 0.25) is 5.91 Å². The van der Waals surface area contributed by atoms with Crippen LogP contribution in [-0.2, 0) is 4.74 Å². The highest BCUT2D eigenvalue weighted by Gasteiger charge is 2.19. The lowest BCUT2D eigenvalue weighted by molar-refractivity contribution is 0.0635. The molecule has 1 heterocycles. The quantitative estimate of drug-likeness (QED) is 0.641. The van der Waals surface area contributed by atoms with E-state index in [0.29, 0.717) is 22.5 Å². The number of hydrogen-bond donors (Lipinski definition) is 3. The molecule has 32 heavy (non-hydrogen) atoms. The molecule has 0 unspecified atom stereocenters. The van der Waals surface area contributed by atoms with Crippen LogP contribution < -0.4 is 21.3 Å². The second kappa shape index (κ2) is 9.72. The van der Waals surface area contributed by atoms with Crippen molar-refractivity contribution >= 4 is 35.0 Å². The van der Waals surface area contributed by atoms with Crippen molar-refractivity contribution in [1.29, 1.82) is 0 Å². The molecule has 0 aromatic heterocycles. The zero-order valence-electron chi connectivity index (χ0n) is 18.7. The largest absolute Gasteiger partial charge is 0.444 e. The Morgan fingerprint density at radius 1 is 0.906 bits per heavy atom. The summed E-state index contributed by atoms with van der Waals surface area (Å²) in [5.74, 6) is -0.878. The maximum atomic E-state index is 12.9. The van der Waals surface area contributed by atoms with Crippen molar-refractivity contribution < 1.29 is 19.1 Å². The Morgan fingerprint density at radius 2 is 1.53 bits per heavy atom. The standard InChI is InChI=1S/C24H30N4O4/c1-24(2,3)32-23(31)26-18-10-7-16(8-11-18)22(30)27-19-15-17(21(25)29)9-12-20(19)28-13-5-4-6-14-28/h7-12,15H,4-6,13-14H2,1-3H3,(H2,25,29)(H,26,31)(H,27,30). The van der Waals surface area contributed by atoms with Crippen molar-refractivity contribution in [3.05, 3.63) is 53.6 Å². The van der Waals surface area contributed by atoms with Crippen molar-refractivity contribution in [3.63, 3.8) is 0 Å². The van der Waals surface area contributed by atoms with Crippen molar-refractivity contribution in [1.82, 2.24) is 0 Å². The molecule has 2 aromatic carbocycles. The highest BCUT2D eigenvalue weighted by Crippen LogP contribution is 2.30. The van der Waals surface area contributed by atoms with Crippen molar-refractivity contribution in [2.24, 2.45) is 5.73 Å². The van der Waals surface area contributed by atoms with E-state index < -0.39 is 17.6 Å². The van der Waals surface area contributed by atoms with Crippen LogP contribution in [0, 0.1) is 0 Å². The van der Waals surface area contributed by atoms with Gasteiger partial charge in [-0.25, -0.2) is 4.79 Å². The Kier molecular flexibility index (Phi) is 7.02. The number of nitrogens with zero attached hydrogens (tertiary/aromatic N) is 1. The number of rotatable bonds is 5. The molecule has 1 fully saturated rings. The van der Waals surface area contributed by atoms with Gasteiger partial charge in [-0.05, 0) is 82.5 Å². The molecule has 0 saturated carbocycles. The third-order valence-corrected chi connectivity index (χ3v) is 5.02. The molecule has 0 bridgehead atoms. The Labute approximate surface area is 188 Å². The van der Waals surface area contributed by atoms with Gasteiger partial charge in [-0.15, -0.1) is 0 Å². The van der Waals surface area contributed by atoms with Crippen LogP contribution in [0.15, 0.2) is 42.5 Å². The van der Waals surface area contributed by atoms with Crippen molar-refractivity contribution in [2.45, 2.75) is 45.6 Å². The smallest absolute Gasteiger partial charge is 0.412 e. The lowest BCUT2D eigenvalue weighted by Crippen LogP contribution is -2.30. The lowest BCUT2D eigenvalue weighted by atomic mass is 10.1. The van der Waals surface area contributed by atoms with E-state index in [0.717, 1.165) is 31.6 Å². The van der Waals surface area contributed by atoms with Crippen LogP contribution >= 0.6 is 0 Å². The Bertz CT molecular complexity index is 990. The maximum Gasteiger partial charge on any atom is 0.412 e. The summed E-state index contributed by atoms with van der Waals surface area (Å²) >= 11 is 0. The fraction of sp³-hybridized carbons (Fsp3) is 0.375. The molecule has 0 aliphatic carbocycles. The predicted octanol–water partition coefficient (Wildman–Crippen LogP) is 4.38. The molecule has 8 nitrogen and oxygen atoms in total. The predicted molar refractivity (Wildman–Crippen MR) is 125 cm³/mol. The van der Waals surface area contributed by atoms with Gasteiger partial charge < -0.3 is 20.7 Å². The number of piperidine rings is 1. The summed E-state index contributed by atoms with van der Waals surface area (Å²) in [6, 6.07) is 11.6. The summed E-state index contributed by atoms with van der Waals surface area (Å²) in [6.45, 7) is 7.13. The summed E-state index contributed by atoms with van der Waals surface area (Å²) in [6.07, 6.45) is 2.78. The summed E-state index contributed by atoms with van der Waals surface area (Å²) in [5.41, 5.74) is 7.51. The number of anilines is 3. The maximum absolute atomic E-state index is 12.9. The van der Waals surface area contributed by atoms with E-state index in [1.54, 1.807) is 57.2 Å². The van der Waals surface area contributed by atoms with E-state index >= 15 is 0 Å². The van der Waals surface area contributed by atoms with Crippen LogP contribution in [0.3, 0.4) is 0 Å². The van der Waals surface area contributed by atoms with Crippen LogP contribution in [0.2, 0.25) is 0 Å². The van der Waals surface area contributed by atoms with Crippen LogP contribution in [0.25, 0.3) is 0 Å². The second-order valence-corrected chi connectivity index (χ2v) is 8.80. The minimum Gasteiger partial charge on any atom is -0.444 e. The molecule has 1 aliphatic rings. The zero-order valence-corrected chi connectivity index (χ0v) is 18.7. The lowest BCUT2D eigenvalue weighted by Gasteiger charge is -2.30. The average Bonchev–Trinajstić information content (AvgIpc) is 2.73. The first kappa shape index (κ1) is 23.1. The highest BCUT2D eigenvalue weighted by atomic mass is 16.6. The van der Waals surface area contributed by atoms with E-state index in [-0.39, 0.29) is 5.91 Å². The summed E-state index contributed by atoms with van der Waals surface area (Å²) in [4.78, 5) is 38.7. The van der Waals surface area contributed by atoms with E-state index in [1.807, 2.05) is 6.07 Å². The molecule has 0 spiro atoms. The van der Waals surface area contributed by atoms with E-state index in [4.69, 9.17) is 10.5 Å². The van der Waals surface area contributed by atoms with Gasteiger partial charge in [0.05, 0.1) is 11.4 Å². The molecule has 0 radical (unpaired) electrons. The fourth-order valence-corrected chi connectivity index (χ4v) is 3.52. The average molecular weight is 439 g/mol. The third-order valence-electron chi connectivity index (χ3n) is 5.02. The second-order valence-electron chi connectivity index (χ2n) is 8.80. The molecule has 1 aliphatic heterocycles. The first-order valence-corrected chi connectivity index (χ1v) is 10.7. The molecule has 3 rings (SSSR count). The number of carbonyl (C=O) groups excluding carboxylic acids is 3. The van der Waals surface area contributed by atoms with Gasteiger partial charge in [0.15, 0.2) is 0 Å². The number of hydrogen-bond acceptors (Lipinski definition) is 5. The van der Waals surface area contributed by atoms with Crippen molar-refractivity contribution in [3.8, 4) is 0 Å². The van der Waals surface area contributed by atoms with Gasteiger partial charge in [-0.1, -0.05) is 0 Å². The highest BCUT2D eigenvalue weighted by molar-refractivity contribution is 6.07.